The fraction of sp³-hybridized carbons (Fsp3) is 0.167. The van der Waals surface area contributed by atoms with Crippen molar-refractivity contribution in [1.29, 1.82) is 0 Å². The van der Waals surface area contributed by atoms with Crippen molar-refractivity contribution in [2.45, 2.75) is 26.4 Å². The first kappa shape index (κ1) is 19.2. The van der Waals surface area contributed by atoms with Crippen molar-refractivity contribution in [3.63, 3.8) is 0 Å². The molecular formula is C24H20ClNO3. The van der Waals surface area contributed by atoms with Crippen molar-refractivity contribution >= 4 is 29.2 Å². The van der Waals surface area contributed by atoms with Crippen LogP contribution in [0.4, 0.5) is 5.69 Å². The molecule has 0 aliphatic carbocycles. The molecule has 1 amide bonds. The van der Waals surface area contributed by atoms with Gasteiger partial charge in [-0.1, -0.05) is 29.8 Å². The largest absolute Gasteiger partial charge is 0.454 e. The summed E-state index contributed by atoms with van der Waals surface area (Å²) >= 11 is 5.95. The quantitative estimate of drug-likeness (QED) is 0.572. The Labute approximate surface area is 174 Å². The maximum absolute atomic E-state index is 12.8. The predicted molar refractivity (Wildman–Crippen MR) is 114 cm³/mol. The van der Waals surface area contributed by atoms with Crippen molar-refractivity contribution < 1.29 is 14.3 Å². The number of cyclic esters (lactones) is 1. The van der Waals surface area contributed by atoms with Crippen molar-refractivity contribution in [3.8, 4) is 0 Å². The minimum atomic E-state index is -0.398. The lowest BCUT2D eigenvalue weighted by Gasteiger charge is -2.25. The number of halogens is 1. The van der Waals surface area contributed by atoms with E-state index in [0.717, 1.165) is 27.9 Å². The van der Waals surface area contributed by atoms with E-state index in [-0.39, 0.29) is 11.9 Å². The van der Waals surface area contributed by atoms with Crippen LogP contribution in [-0.4, -0.2) is 11.9 Å². The molecule has 4 nitrogen and oxygen atoms in total. The molecule has 3 aromatic rings. The molecule has 0 spiro atoms. The lowest BCUT2D eigenvalue weighted by Crippen LogP contribution is -2.23. The zero-order chi connectivity index (χ0) is 20.5. The van der Waals surface area contributed by atoms with Crippen LogP contribution in [0.15, 0.2) is 60.7 Å². The number of anilines is 1. The normalized spacial score (nSPS) is 15.4. The second-order valence-electron chi connectivity index (χ2n) is 7.35. The Kier molecular flexibility index (Phi) is 5.12. The first-order valence-electron chi connectivity index (χ1n) is 9.38. The molecule has 1 heterocycles. The Hall–Kier alpha value is -3.11. The van der Waals surface area contributed by atoms with E-state index in [1.165, 1.54) is 0 Å². The molecule has 146 valence electrons. The van der Waals surface area contributed by atoms with Gasteiger partial charge in [-0.3, -0.25) is 4.79 Å². The second-order valence-corrected chi connectivity index (χ2v) is 7.79. The molecule has 0 bridgehead atoms. The van der Waals surface area contributed by atoms with Gasteiger partial charge < -0.3 is 10.1 Å². The smallest absolute Gasteiger partial charge is 0.339 e. The molecule has 1 unspecified atom stereocenters. The topological polar surface area (TPSA) is 55.4 Å². The Morgan fingerprint density at radius 2 is 1.69 bits per heavy atom. The number of esters is 1. The maximum Gasteiger partial charge on any atom is 0.339 e. The number of nitrogens with one attached hydrogen (secondary N) is 1. The third kappa shape index (κ3) is 4.17. The summed E-state index contributed by atoms with van der Waals surface area (Å²) < 4.78 is 5.58. The van der Waals surface area contributed by atoms with E-state index in [2.05, 4.69) is 11.4 Å². The van der Waals surface area contributed by atoms with Gasteiger partial charge in [0, 0.05) is 22.7 Å². The minimum absolute atomic E-state index is 0.209. The molecule has 1 N–H and O–H groups in total. The fourth-order valence-corrected chi connectivity index (χ4v) is 3.78. The summed E-state index contributed by atoms with van der Waals surface area (Å²) in [5.74, 6) is -0.591. The Morgan fingerprint density at radius 1 is 1.00 bits per heavy atom. The predicted octanol–water partition coefficient (Wildman–Crippen LogP) is 5.66. The van der Waals surface area contributed by atoms with Crippen LogP contribution >= 0.6 is 11.6 Å². The molecule has 1 atom stereocenters. The van der Waals surface area contributed by atoms with Gasteiger partial charge in [0.05, 0.1) is 5.56 Å². The highest BCUT2D eigenvalue weighted by atomic mass is 35.5. The Morgan fingerprint density at radius 3 is 2.38 bits per heavy atom. The summed E-state index contributed by atoms with van der Waals surface area (Å²) in [6, 6.07) is 18.2. The number of ether oxygens (including phenoxy) is 1. The van der Waals surface area contributed by atoms with Crippen LogP contribution in [0.25, 0.3) is 0 Å². The van der Waals surface area contributed by atoms with Crippen LogP contribution in [0.2, 0.25) is 5.02 Å². The Balaban J connectivity index is 1.59. The number of benzene rings is 3. The molecule has 0 saturated carbocycles. The summed E-state index contributed by atoms with van der Waals surface area (Å²) in [4.78, 5) is 25.2. The van der Waals surface area contributed by atoms with Crippen molar-refractivity contribution in [2.75, 3.05) is 5.32 Å². The molecule has 5 heteroatoms. The standard InChI is InChI=1S/C24H20ClNO3/c1-14-9-15(2)11-20(10-14)26-23(27)17-5-8-21-18(12-17)13-22(29-24(21)28)16-3-6-19(25)7-4-16/h3-12,22H,13H2,1-2H3,(H,26,27). The van der Waals surface area contributed by atoms with E-state index in [9.17, 15) is 9.59 Å². The minimum Gasteiger partial charge on any atom is -0.454 e. The van der Waals surface area contributed by atoms with Crippen LogP contribution in [-0.2, 0) is 11.2 Å². The number of carbonyl (C=O) groups is 2. The highest BCUT2D eigenvalue weighted by Crippen LogP contribution is 2.32. The second kappa shape index (κ2) is 7.72. The van der Waals surface area contributed by atoms with Crippen molar-refractivity contribution in [1.82, 2.24) is 0 Å². The van der Waals surface area contributed by atoms with E-state index < -0.39 is 6.10 Å². The fourth-order valence-electron chi connectivity index (χ4n) is 3.65. The van der Waals surface area contributed by atoms with Crippen LogP contribution in [0, 0.1) is 13.8 Å². The molecule has 1 aliphatic heterocycles. The zero-order valence-electron chi connectivity index (χ0n) is 16.2. The molecule has 3 aromatic carbocycles. The van der Waals surface area contributed by atoms with Gasteiger partial charge in [-0.25, -0.2) is 4.79 Å². The summed E-state index contributed by atoms with van der Waals surface area (Å²) in [5.41, 5.74) is 5.60. The van der Waals surface area contributed by atoms with E-state index >= 15 is 0 Å². The number of hydrogen-bond acceptors (Lipinski definition) is 3. The van der Waals surface area contributed by atoms with E-state index in [0.29, 0.717) is 22.6 Å². The molecular weight excluding hydrogens is 386 g/mol. The number of rotatable bonds is 3. The van der Waals surface area contributed by atoms with Gasteiger partial charge in [0.2, 0.25) is 0 Å². The SMILES string of the molecule is Cc1cc(C)cc(NC(=O)c2ccc3c(c2)CC(c2ccc(Cl)cc2)OC3=O)c1. The van der Waals surface area contributed by atoms with Crippen molar-refractivity contribution in [2.24, 2.45) is 0 Å². The van der Waals surface area contributed by atoms with Crippen LogP contribution in [0.3, 0.4) is 0 Å². The Bertz CT molecular complexity index is 1090. The maximum atomic E-state index is 12.8. The summed E-state index contributed by atoms with van der Waals surface area (Å²) in [5, 5.41) is 3.56. The summed E-state index contributed by atoms with van der Waals surface area (Å²) in [6.07, 6.45) is 0.109. The third-order valence-corrected chi connectivity index (χ3v) is 5.22. The monoisotopic (exact) mass is 405 g/mol. The number of hydrogen-bond donors (Lipinski definition) is 1. The average Bonchev–Trinajstić information content (AvgIpc) is 2.67. The van der Waals surface area contributed by atoms with Crippen LogP contribution < -0.4 is 5.32 Å². The number of aryl methyl sites for hydroxylation is 2. The molecule has 0 aromatic heterocycles. The van der Waals surface area contributed by atoms with Gasteiger partial charge in [-0.2, -0.15) is 0 Å². The van der Waals surface area contributed by atoms with Gasteiger partial charge in [0.15, 0.2) is 0 Å². The van der Waals surface area contributed by atoms with E-state index in [1.807, 2.05) is 38.1 Å². The van der Waals surface area contributed by atoms with E-state index in [4.69, 9.17) is 16.3 Å². The number of amides is 1. The lowest BCUT2D eigenvalue weighted by molar-refractivity contribution is 0.0252. The van der Waals surface area contributed by atoms with Gasteiger partial charge in [0.25, 0.3) is 5.91 Å². The highest BCUT2D eigenvalue weighted by molar-refractivity contribution is 6.30. The molecule has 0 saturated heterocycles. The van der Waals surface area contributed by atoms with Crippen molar-refractivity contribution in [3.05, 3.63) is 99.1 Å². The van der Waals surface area contributed by atoms with Crippen LogP contribution in [0.1, 0.15) is 49.1 Å². The summed E-state index contributed by atoms with van der Waals surface area (Å²) in [6.45, 7) is 3.98. The first-order valence-corrected chi connectivity index (χ1v) is 9.76. The van der Waals surface area contributed by atoms with Gasteiger partial charge in [0.1, 0.15) is 6.10 Å². The molecule has 29 heavy (non-hydrogen) atoms. The summed E-state index contributed by atoms with van der Waals surface area (Å²) in [7, 11) is 0. The van der Waals surface area contributed by atoms with Crippen LogP contribution in [0.5, 0.6) is 0 Å². The molecule has 4 rings (SSSR count). The molecule has 0 radical (unpaired) electrons. The first-order chi connectivity index (χ1) is 13.9. The average molecular weight is 406 g/mol. The van der Waals surface area contributed by atoms with Gasteiger partial charge in [-0.15, -0.1) is 0 Å². The lowest BCUT2D eigenvalue weighted by atomic mass is 9.93. The van der Waals surface area contributed by atoms with E-state index in [1.54, 1.807) is 30.3 Å². The zero-order valence-corrected chi connectivity index (χ0v) is 16.9. The number of fused-ring (bicyclic) bond motifs is 1. The molecule has 0 fully saturated rings. The molecule has 1 aliphatic rings. The highest BCUT2D eigenvalue weighted by Gasteiger charge is 2.28. The third-order valence-electron chi connectivity index (χ3n) is 4.96. The van der Waals surface area contributed by atoms with Gasteiger partial charge in [-0.05, 0) is 78.6 Å². The van der Waals surface area contributed by atoms with Gasteiger partial charge >= 0.3 is 5.97 Å². The number of carbonyl (C=O) groups excluding carboxylic acids is 2.